The first-order chi connectivity index (χ1) is 8.24. The largest absolute Gasteiger partial charge is 0.340 e. The molecule has 106 valence electrons. The molecule has 0 N–H and O–H groups in total. The third-order valence-electron chi connectivity index (χ3n) is 3.83. The van der Waals surface area contributed by atoms with E-state index in [1.165, 1.54) is 0 Å². The molecule has 1 aliphatic rings. The van der Waals surface area contributed by atoms with E-state index in [0.29, 0.717) is 17.9 Å². The average Bonchev–Trinajstić information content (AvgIpc) is 2.26. The summed E-state index contributed by atoms with van der Waals surface area (Å²) in [5.74, 6) is 0.903. The van der Waals surface area contributed by atoms with Crippen molar-refractivity contribution in [1.29, 1.82) is 0 Å². The van der Waals surface area contributed by atoms with E-state index in [2.05, 4.69) is 51.3 Å². The van der Waals surface area contributed by atoms with Crippen LogP contribution < -0.4 is 0 Å². The molecule has 0 aromatic rings. The van der Waals surface area contributed by atoms with Crippen molar-refractivity contribution in [2.75, 3.05) is 26.2 Å². The zero-order chi connectivity index (χ0) is 13.9. The zero-order valence-electron chi connectivity index (χ0n) is 13.0. The molecule has 0 aliphatic carbocycles. The Labute approximate surface area is 113 Å². The van der Waals surface area contributed by atoms with Crippen LogP contribution in [-0.4, -0.2) is 47.9 Å². The van der Waals surface area contributed by atoms with Crippen molar-refractivity contribution in [3.63, 3.8) is 0 Å². The predicted octanol–water partition coefficient (Wildman–Crippen LogP) is 2.61. The molecule has 1 heterocycles. The van der Waals surface area contributed by atoms with Crippen LogP contribution in [0, 0.1) is 11.3 Å². The predicted molar refractivity (Wildman–Crippen MR) is 76.5 cm³/mol. The van der Waals surface area contributed by atoms with Crippen LogP contribution in [0.15, 0.2) is 0 Å². The van der Waals surface area contributed by atoms with E-state index in [1.807, 2.05) is 0 Å². The highest BCUT2D eigenvalue weighted by Crippen LogP contribution is 2.28. The first-order valence-corrected chi connectivity index (χ1v) is 7.27. The third-order valence-corrected chi connectivity index (χ3v) is 3.83. The Hall–Kier alpha value is -0.570. The molecular formula is C15H30N2O. The van der Waals surface area contributed by atoms with E-state index in [4.69, 9.17) is 0 Å². The van der Waals surface area contributed by atoms with Gasteiger partial charge in [0.25, 0.3) is 0 Å². The van der Waals surface area contributed by atoms with Gasteiger partial charge in [0.1, 0.15) is 0 Å². The van der Waals surface area contributed by atoms with Crippen LogP contribution in [0.4, 0.5) is 0 Å². The van der Waals surface area contributed by atoms with Gasteiger partial charge < -0.3 is 4.90 Å². The normalized spacial score (nSPS) is 18.8. The molecule has 1 amide bonds. The minimum atomic E-state index is -0.214. The molecule has 0 atom stereocenters. The van der Waals surface area contributed by atoms with Crippen molar-refractivity contribution in [2.24, 2.45) is 11.3 Å². The summed E-state index contributed by atoms with van der Waals surface area (Å²) in [6.45, 7) is 16.8. The Kier molecular flexibility index (Phi) is 5.20. The van der Waals surface area contributed by atoms with Gasteiger partial charge in [-0.15, -0.1) is 0 Å². The van der Waals surface area contributed by atoms with Crippen LogP contribution in [-0.2, 0) is 4.79 Å². The number of carbonyl (C=O) groups is 1. The van der Waals surface area contributed by atoms with E-state index >= 15 is 0 Å². The standard InChI is InChI=1S/C15H30N2O/c1-12(2)11-15(5,6)14(18)17-9-7-16(8-10-17)13(3)4/h12-13H,7-11H2,1-6H3. The fourth-order valence-electron chi connectivity index (χ4n) is 2.98. The summed E-state index contributed by atoms with van der Waals surface area (Å²) < 4.78 is 0. The second-order valence-electron chi connectivity index (χ2n) is 6.90. The van der Waals surface area contributed by atoms with Gasteiger partial charge in [-0.1, -0.05) is 27.7 Å². The second-order valence-corrected chi connectivity index (χ2v) is 6.90. The molecular weight excluding hydrogens is 224 g/mol. The zero-order valence-corrected chi connectivity index (χ0v) is 13.0. The van der Waals surface area contributed by atoms with Gasteiger partial charge >= 0.3 is 0 Å². The summed E-state index contributed by atoms with van der Waals surface area (Å²) in [4.78, 5) is 17.0. The van der Waals surface area contributed by atoms with Crippen molar-refractivity contribution in [3.8, 4) is 0 Å². The highest BCUT2D eigenvalue weighted by Gasteiger charge is 2.34. The molecule has 3 heteroatoms. The lowest BCUT2D eigenvalue weighted by Gasteiger charge is -2.40. The molecule has 1 rings (SSSR count). The van der Waals surface area contributed by atoms with E-state index in [1.54, 1.807) is 0 Å². The maximum Gasteiger partial charge on any atom is 0.228 e. The molecule has 1 fully saturated rings. The molecule has 3 nitrogen and oxygen atoms in total. The summed E-state index contributed by atoms with van der Waals surface area (Å²) >= 11 is 0. The van der Waals surface area contributed by atoms with Gasteiger partial charge in [0, 0.05) is 37.6 Å². The summed E-state index contributed by atoms with van der Waals surface area (Å²) in [7, 11) is 0. The summed E-state index contributed by atoms with van der Waals surface area (Å²) in [5, 5.41) is 0. The molecule has 0 aromatic carbocycles. The molecule has 0 spiro atoms. The van der Waals surface area contributed by atoms with Crippen LogP contribution in [0.2, 0.25) is 0 Å². The first kappa shape index (κ1) is 15.5. The minimum absolute atomic E-state index is 0.214. The van der Waals surface area contributed by atoms with E-state index < -0.39 is 0 Å². The van der Waals surface area contributed by atoms with Gasteiger partial charge in [0.2, 0.25) is 5.91 Å². The SMILES string of the molecule is CC(C)CC(C)(C)C(=O)N1CCN(C(C)C)CC1. The van der Waals surface area contributed by atoms with Crippen LogP contribution in [0.5, 0.6) is 0 Å². The molecule has 1 saturated heterocycles. The molecule has 18 heavy (non-hydrogen) atoms. The van der Waals surface area contributed by atoms with Crippen LogP contribution in [0.3, 0.4) is 0 Å². The van der Waals surface area contributed by atoms with Crippen molar-refractivity contribution >= 4 is 5.91 Å². The molecule has 0 radical (unpaired) electrons. The Morgan fingerprint density at radius 1 is 1.06 bits per heavy atom. The van der Waals surface area contributed by atoms with Gasteiger partial charge in [-0.05, 0) is 26.2 Å². The molecule has 0 bridgehead atoms. The number of carbonyl (C=O) groups excluding carboxylic acids is 1. The molecule has 1 aliphatic heterocycles. The van der Waals surface area contributed by atoms with Crippen molar-refractivity contribution in [3.05, 3.63) is 0 Å². The Morgan fingerprint density at radius 3 is 1.94 bits per heavy atom. The van der Waals surface area contributed by atoms with Gasteiger partial charge in [-0.2, -0.15) is 0 Å². The minimum Gasteiger partial charge on any atom is -0.340 e. The molecule has 0 unspecified atom stereocenters. The Bertz CT molecular complexity index is 276. The Morgan fingerprint density at radius 2 is 1.56 bits per heavy atom. The average molecular weight is 254 g/mol. The topological polar surface area (TPSA) is 23.6 Å². The second kappa shape index (κ2) is 6.05. The van der Waals surface area contributed by atoms with E-state index in [-0.39, 0.29) is 5.41 Å². The number of rotatable bonds is 4. The van der Waals surface area contributed by atoms with Crippen LogP contribution in [0.25, 0.3) is 0 Å². The smallest absolute Gasteiger partial charge is 0.228 e. The third kappa shape index (κ3) is 3.98. The number of amides is 1. The molecule has 0 aromatic heterocycles. The number of hydrogen-bond acceptors (Lipinski definition) is 2. The Balaban J connectivity index is 2.54. The monoisotopic (exact) mass is 254 g/mol. The van der Waals surface area contributed by atoms with E-state index in [9.17, 15) is 4.79 Å². The van der Waals surface area contributed by atoms with Crippen LogP contribution in [0.1, 0.15) is 48.0 Å². The highest BCUT2D eigenvalue weighted by molar-refractivity contribution is 5.82. The van der Waals surface area contributed by atoms with Crippen molar-refractivity contribution < 1.29 is 4.79 Å². The maximum absolute atomic E-state index is 12.5. The quantitative estimate of drug-likeness (QED) is 0.770. The lowest BCUT2D eigenvalue weighted by Crippen LogP contribution is -2.53. The number of hydrogen-bond donors (Lipinski definition) is 0. The number of piperazine rings is 1. The highest BCUT2D eigenvalue weighted by atomic mass is 16.2. The van der Waals surface area contributed by atoms with Crippen molar-refractivity contribution in [2.45, 2.75) is 54.0 Å². The lowest BCUT2D eigenvalue weighted by atomic mass is 9.82. The van der Waals surface area contributed by atoms with E-state index in [0.717, 1.165) is 32.6 Å². The maximum atomic E-state index is 12.5. The van der Waals surface area contributed by atoms with Gasteiger partial charge in [0.15, 0.2) is 0 Å². The van der Waals surface area contributed by atoms with Crippen LogP contribution >= 0.6 is 0 Å². The molecule has 0 saturated carbocycles. The fourth-order valence-corrected chi connectivity index (χ4v) is 2.98. The summed E-state index contributed by atoms with van der Waals surface area (Å²) in [5.41, 5.74) is -0.214. The van der Waals surface area contributed by atoms with Gasteiger partial charge in [-0.3, -0.25) is 9.69 Å². The lowest BCUT2D eigenvalue weighted by molar-refractivity contribution is -0.143. The fraction of sp³-hybridized carbons (Fsp3) is 0.933. The summed E-state index contributed by atoms with van der Waals surface area (Å²) in [6.07, 6.45) is 0.968. The van der Waals surface area contributed by atoms with Gasteiger partial charge in [-0.25, -0.2) is 0 Å². The van der Waals surface area contributed by atoms with Crippen molar-refractivity contribution in [1.82, 2.24) is 9.80 Å². The first-order valence-electron chi connectivity index (χ1n) is 7.27. The number of nitrogens with zero attached hydrogens (tertiary/aromatic N) is 2. The van der Waals surface area contributed by atoms with Gasteiger partial charge in [0.05, 0.1) is 0 Å². The summed E-state index contributed by atoms with van der Waals surface area (Å²) in [6, 6.07) is 0.589.